The number of pyridine rings is 1. The first kappa shape index (κ1) is 24.0. The smallest absolute Gasteiger partial charge is 0.310 e. The average molecular weight is 427 g/mol. The van der Waals surface area contributed by atoms with Gasteiger partial charge in [0.2, 0.25) is 0 Å². The lowest BCUT2D eigenvalue weighted by molar-refractivity contribution is -0.142. The number of ether oxygens (including phenoxy) is 3. The summed E-state index contributed by atoms with van der Waals surface area (Å²) in [6.45, 7) is 5.93. The fourth-order valence-electron chi connectivity index (χ4n) is 2.93. The summed E-state index contributed by atoms with van der Waals surface area (Å²) in [5.41, 5.74) is 8.48. The zero-order valence-corrected chi connectivity index (χ0v) is 18.5. The molecule has 0 saturated heterocycles. The van der Waals surface area contributed by atoms with Crippen LogP contribution in [0.15, 0.2) is 54.1 Å². The first-order chi connectivity index (χ1) is 14.9. The summed E-state index contributed by atoms with van der Waals surface area (Å²) in [6, 6.07) is 8.91. The van der Waals surface area contributed by atoms with Gasteiger partial charge in [-0.25, -0.2) is 0 Å². The molecule has 0 saturated carbocycles. The van der Waals surface area contributed by atoms with E-state index in [0.717, 1.165) is 5.56 Å². The van der Waals surface area contributed by atoms with E-state index >= 15 is 0 Å². The molecule has 0 aliphatic carbocycles. The lowest BCUT2D eigenvalue weighted by Gasteiger charge is -2.15. The van der Waals surface area contributed by atoms with Gasteiger partial charge >= 0.3 is 5.97 Å². The minimum Gasteiger partial charge on any atom is -0.512 e. The number of aromatic nitrogens is 1. The van der Waals surface area contributed by atoms with Gasteiger partial charge in [0.25, 0.3) is 0 Å². The number of allylic oxidation sites excluding steroid dienone is 4. The van der Waals surface area contributed by atoms with Crippen molar-refractivity contribution < 1.29 is 24.1 Å². The lowest BCUT2D eigenvalue weighted by atomic mass is 10.0. The van der Waals surface area contributed by atoms with Crippen molar-refractivity contribution in [2.45, 2.75) is 40.2 Å². The second-order valence-electron chi connectivity index (χ2n) is 6.76. The largest absolute Gasteiger partial charge is 0.512 e. The second-order valence-corrected chi connectivity index (χ2v) is 6.76. The number of hydrogen-bond donors (Lipinski definition) is 2. The minimum absolute atomic E-state index is 0.0795. The first-order valence-corrected chi connectivity index (χ1v) is 10.2. The van der Waals surface area contributed by atoms with E-state index in [4.69, 9.17) is 19.9 Å². The second kappa shape index (κ2) is 11.8. The molecular formula is C24H30N2O5. The highest BCUT2D eigenvalue weighted by Gasteiger charge is 2.14. The van der Waals surface area contributed by atoms with E-state index in [1.54, 1.807) is 57.5 Å². The predicted molar refractivity (Wildman–Crippen MR) is 120 cm³/mol. The summed E-state index contributed by atoms with van der Waals surface area (Å²) in [5, 5.41) is 10.3. The Morgan fingerprint density at radius 2 is 2.00 bits per heavy atom. The monoisotopic (exact) mass is 426 g/mol. The van der Waals surface area contributed by atoms with Gasteiger partial charge in [-0.1, -0.05) is 13.0 Å². The number of benzene rings is 1. The summed E-state index contributed by atoms with van der Waals surface area (Å²) in [5.74, 6) is 1.51. The topological polar surface area (TPSA) is 104 Å². The van der Waals surface area contributed by atoms with Crippen molar-refractivity contribution >= 4 is 11.5 Å². The average Bonchev–Trinajstić information content (AvgIpc) is 2.77. The van der Waals surface area contributed by atoms with E-state index in [2.05, 4.69) is 4.98 Å². The maximum atomic E-state index is 12.0. The Bertz CT molecular complexity index is 962. The quantitative estimate of drug-likeness (QED) is 0.331. The van der Waals surface area contributed by atoms with Crippen molar-refractivity contribution in [1.82, 2.24) is 4.98 Å². The van der Waals surface area contributed by atoms with E-state index < -0.39 is 0 Å². The van der Waals surface area contributed by atoms with Gasteiger partial charge in [-0.15, -0.1) is 0 Å². The molecule has 7 heteroatoms. The lowest BCUT2D eigenvalue weighted by Crippen LogP contribution is -2.09. The predicted octanol–water partition coefficient (Wildman–Crippen LogP) is 4.32. The Hall–Kier alpha value is -3.32. The summed E-state index contributed by atoms with van der Waals surface area (Å²) in [4.78, 5) is 16.2. The van der Waals surface area contributed by atoms with Crippen molar-refractivity contribution in [3.05, 3.63) is 70.9 Å². The van der Waals surface area contributed by atoms with Crippen LogP contribution in [0.4, 0.5) is 0 Å². The highest BCUT2D eigenvalue weighted by atomic mass is 16.5. The van der Waals surface area contributed by atoms with Crippen LogP contribution in [0.25, 0.3) is 5.57 Å². The third-order valence-electron chi connectivity index (χ3n) is 4.54. The molecule has 0 spiro atoms. The van der Waals surface area contributed by atoms with Gasteiger partial charge in [0.1, 0.15) is 17.3 Å². The van der Waals surface area contributed by atoms with E-state index in [9.17, 15) is 9.90 Å². The van der Waals surface area contributed by atoms with E-state index in [-0.39, 0.29) is 18.1 Å². The Morgan fingerprint density at radius 1 is 1.23 bits per heavy atom. The summed E-state index contributed by atoms with van der Waals surface area (Å²) < 4.78 is 16.5. The van der Waals surface area contributed by atoms with Crippen molar-refractivity contribution in [2.24, 2.45) is 5.73 Å². The number of nitrogens with two attached hydrogens (primary N) is 1. The normalized spacial score (nSPS) is 12.2. The molecule has 0 bridgehead atoms. The maximum Gasteiger partial charge on any atom is 0.310 e. The van der Waals surface area contributed by atoms with Crippen LogP contribution >= 0.6 is 0 Å². The van der Waals surface area contributed by atoms with Crippen molar-refractivity contribution in [1.29, 1.82) is 0 Å². The van der Waals surface area contributed by atoms with Gasteiger partial charge < -0.3 is 25.1 Å². The van der Waals surface area contributed by atoms with Crippen LogP contribution in [0.2, 0.25) is 0 Å². The number of carbonyl (C=O) groups excluding carboxylic acids is 1. The highest BCUT2D eigenvalue weighted by Crippen LogP contribution is 2.29. The van der Waals surface area contributed by atoms with Crippen LogP contribution in [-0.2, 0) is 22.5 Å². The summed E-state index contributed by atoms with van der Waals surface area (Å²) >= 11 is 0. The molecule has 166 valence electrons. The van der Waals surface area contributed by atoms with Crippen molar-refractivity contribution in [3.8, 4) is 11.5 Å². The molecule has 0 amide bonds. The standard InChI is InChI=1S/C24H30N2O5/c1-5-20(13-22(16(3)27)17-9-10-26-19(11-17)15-25)31-23-14-21(29-4)8-7-18(23)12-24(28)30-6-2/h7-11,13-14,27H,5-6,12,15,25H2,1-4H3/b20-13+,22-16-. The molecule has 0 aliphatic heterocycles. The van der Waals surface area contributed by atoms with Crippen LogP contribution in [0.3, 0.4) is 0 Å². The molecule has 2 rings (SSSR count). The fraction of sp³-hybridized carbons (Fsp3) is 0.333. The zero-order chi connectivity index (χ0) is 22.8. The maximum absolute atomic E-state index is 12.0. The van der Waals surface area contributed by atoms with E-state index in [1.807, 2.05) is 13.0 Å². The molecule has 0 fully saturated rings. The van der Waals surface area contributed by atoms with Gasteiger partial charge in [0, 0.05) is 36.4 Å². The fourth-order valence-corrected chi connectivity index (χ4v) is 2.93. The Morgan fingerprint density at radius 3 is 2.61 bits per heavy atom. The number of methoxy groups -OCH3 is 1. The molecular weight excluding hydrogens is 396 g/mol. The molecule has 31 heavy (non-hydrogen) atoms. The number of rotatable bonds is 10. The van der Waals surface area contributed by atoms with E-state index in [0.29, 0.717) is 53.7 Å². The Kier molecular flexibility index (Phi) is 9.09. The Labute approximate surface area is 183 Å². The number of aliphatic hydroxyl groups excluding tert-OH is 1. The molecule has 3 N–H and O–H groups in total. The number of aliphatic hydroxyl groups is 1. The minimum atomic E-state index is -0.336. The Balaban J connectivity index is 2.42. The van der Waals surface area contributed by atoms with Crippen LogP contribution in [0.1, 0.15) is 44.0 Å². The van der Waals surface area contributed by atoms with Crippen LogP contribution in [-0.4, -0.2) is 29.8 Å². The highest BCUT2D eigenvalue weighted by molar-refractivity contribution is 5.76. The first-order valence-electron chi connectivity index (χ1n) is 10.2. The number of hydrogen-bond acceptors (Lipinski definition) is 7. The SMILES string of the molecule is CCOC(=O)Cc1ccc(OC)cc1O/C(=C/C(=C(\C)O)c1ccnc(CN)c1)CC. The van der Waals surface area contributed by atoms with Gasteiger partial charge in [-0.05, 0) is 43.7 Å². The van der Waals surface area contributed by atoms with Crippen molar-refractivity contribution in [2.75, 3.05) is 13.7 Å². The van der Waals surface area contributed by atoms with E-state index in [1.165, 1.54) is 0 Å². The third-order valence-corrected chi connectivity index (χ3v) is 4.54. The van der Waals surface area contributed by atoms with Crippen LogP contribution in [0.5, 0.6) is 11.5 Å². The molecule has 7 nitrogen and oxygen atoms in total. The molecule has 0 unspecified atom stereocenters. The molecule has 1 aromatic carbocycles. The van der Waals surface area contributed by atoms with Gasteiger partial charge in [0.15, 0.2) is 0 Å². The number of nitrogens with zero attached hydrogens (tertiary/aromatic N) is 1. The molecule has 1 heterocycles. The van der Waals surface area contributed by atoms with Crippen LogP contribution < -0.4 is 15.2 Å². The van der Waals surface area contributed by atoms with Gasteiger partial charge in [0.05, 0.1) is 31.6 Å². The summed E-state index contributed by atoms with van der Waals surface area (Å²) in [7, 11) is 1.56. The molecule has 0 aliphatic rings. The molecule has 2 aromatic rings. The van der Waals surface area contributed by atoms with Crippen molar-refractivity contribution in [3.63, 3.8) is 0 Å². The molecule has 0 radical (unpaired) electrons. The number of carbonyl (C=O) groups is 1. The molecule has 1 aromatic heterocycles. The third kappa shape index (κ3) is 6.86. The molecule has 0 atom stereocenters. The van der Waals surface area contributed by atoms with Gasteiger partial charge in [-0.3, -0.25) is 9.78 Å². The van der Waals surface area contributed by atoms with Gasteiger partial charge in [-0.2, -0.15) is 0 Å². The summed E-state index contributed by atoms with van der Waals surface area (Å²) in [6.07, 6.45) is 4.07. The zero-order valence-electron chi connectivity index (χ0n) is 18.5. The number of esters is 1. The van der Waals surface area contributed by atoms with Crippen LogP contribution in [0, 0.1) is 0 Å².